The molecule has 0 spiro atoms. The Bertz CT molecular complexity index is 262. The molecule has 84 valence electrons. The van der Waals surface area contributed by atoms with Gasteiger partial charge < -0.3 is 9.84 Å². The summed E-state index contributed by atoms with van der Waals surface area (Å²) in [5, 5.41) is 9.61. The van der Waals surface area contributed by atoms with Gasteiger partial charge in [0.05, 0.1) is 18.8 Å². The standard InChI is InChI=1S/C12H19NO2/c1-10(2)15-9-12(14)6-5-11-4-3-7-13-8-11/h3-4,7-8,10,12,14H,5-6,9H2,1-2H3. The average molecular weight is 209 g/mol. The second-order valence-corrected chi connectivity index (χ2v) is 3.94. The molecule has 1 unspecified atom stereocenters. The van der Waals surface area contributed by atoms with Crippen LogP contribution in [0.4, 0.5) is 0 Å². The van der Waals surface area contributed by atoms with Crippen molar-refractivity contribution in [1.29, 1.82) is 0 Å². The predicted molar refractivity (Wildman–Crippen MR) is 59.7 cm³/mol. The van der Waals surface area contributed by atoms with E-state index in [4.69, 9.17) is 4.74 Å². The lowest BCUT2D eigenvalue weighted by molar-refractivity contribution is 0.00287. The summed E-state index contributed by atoms with van der Waals surface area (Å²) in [6.45, 7) is 4.35. The Morgan fingerprint density at radius 2 is 2.27 bits per heavy atom. The van der Waals surface area contributed by atoms with Crippen molar-refractivity contribution in [3.05, 3.63) is 30.1 Å². The number of aliphatic hydroxyl groups excluding tert-OH is 1. The van der Waals surface area contributed by atoms with Crippen LogP contribution in [-0.4, -0.2) is 28.9 Å². The van der Waals surface area contributed by atoms with E-state index in [1.54, 1.807) is 6.20 Å². The molecule has 1 atom stereocenters. The van der Waals surface area contributed by atoms with Crippen LogP contribution in [0, 0.1) is 0 Å². The van der Waals surface area contributed by atoms with Gasteiger partial charge in [-0.3, -0.25) is 4.98 Å². The third kappa shape index (κ3) is 5.50. The van der Waals surface area contributed by atoms with E-state index < -0.39 is 0 Å². The van der Waals surface area contributed by atoms with Crippen molar-refractivity contribution < 1.29 is 9.84 Å². The zero-order chi connectivity index (χ0) is 11.1. The van der Waals surface area contributed by atoms with Gasteiger partial charge in [-0.25, -0.2) is 0 Å². The number of aliphatic hydroxyl groups is 1. The van der Waals surface area contributed by atoms with Gasteiger partial charge in [0.2, 0.25) is 0 Å². The maximum atomic E-state index is 9.61. The van der Waals surface area contributed by atoms with Crippen LogP contribution in [0.15, 0.2) is 24.5 Å². The van der Waals surface area contributed by atoms with E-state index in [9.17, 15) is 5.11 Å². The van der Waals surface area contributed by atoms with Crippen LogP contribution in [-0.2, 0) is 11.2 Å². The Labute approximate surface area is 91.1 Å². The fraction of sp³-hybridized carbons (Fsp3) is 0.583. The second-order valence-electron chi connectivity index (χ2n) is 3.94. The highest BCUT2D eigenvalue weighted by atomic mass is 16.5. The van der Waals surface area contributed by atoms with E-state index in [2.05, 4.69) is 4.98 Å². The summed E-state index contributed by atoms with van der Waals surface area (Å²) < 4.78 is 5.33. The molecule has 1 heterocycles. The van der Waals surface area contributed by atoms with E-state index in [0.717, 1.165) is 18.4 Å². The van der Waals surface area contributed by atoms with Gasteiger partial charge in [0.1, 0.15) is 0 Å². The van der Waals surface area contributed by atoms with Gasteiger partial charge >= 0.3 is 0 Å². The summed E-state index contributed by atoms with van der Waals surface area (Å²) in [5.74, 6) is 0. The molecule has 0 aliphatic carbocycles. The summed E-state index contributed by atoms with van der Waals surface area (Å²) in [6, 6.07) is 3.93. The molecule has 1 rings (SSSR count). The molecule has 0 saturated carbocycles. The molecule has 0 saturated heterocycles. The molecule has 1 N–H and O–H groups in total. The van der Waals surface area contributed by atoms with E-state index in [0.29, 0.717) is 6.61 Å². The van der Waals surface area contributed by atoms with Gasteiger partial charge in [-0.2, -0.15) is 0 Å². The van der Waals surface area contributed by atoms with Gasteiger partial charge in [0, 0.05) is 12.4 Å². The minimum absolute atomic E-state index is 0.179. The molecule has 1 aromatic heterocycles. The summed E-state index contributed by atoms with van der Waals surface area (Å²) in [4.78, 5) is 4.02. The quantitative estimate of drug-likeness (QED) is 0.776. The summed E-state index contributed by atoms with van der Waals surface area (Å²) in [5.41, 5.74) is 1.15. The molecular weight excluding hydrogens is 190 g/mol. The van der Waals surface area contributed by atoms with E-state index in [-0.39, 0.29) is 12.2 Å². The predicted octanol–water partition coefficient (Wildman–Crippen LogP) is 1.80. The van der Waals surface area contributed by atoms with Crippen molar-refractivity contribution in [2.24, 2.45) is 0 Å². The molecule has 0 aliphatic heterocycles. The molecule has 3 nitrogen and oxygen atoms in total. The molecule has 0 radical (unpaired) electrons. The first-order valence-corrected chi connectivity index (χ1v) is 5.37. The van der Waals surface area contributed by atoms with Gasteiger partial charge in [-0.05, 0) is 38.3 Å². The topological polar surface area (TPSA) is 42.4 Å². The Hall–Kier alpha value is -0.930. The summed E-state index contributed by atoms with van der Waals surface area (Å²) >= 11 is 0. The molecule has 15 heavy (non-hydrogen) atoms. The van der Waals surface area contributed by atoms with Gasteiger partial charge in [-0.1, -0.05) is 6.07 Å². The van der Waals surface area contributed by atoms with Gasteiger partial charge in [-0.15, -0.1) is 0 Å². The van der Waals surface area contributed by atoms with Gasteiger partial charge in [0.15, 0.2) is 0 Å². The van der Waals surface area contributed by atoms with E-state index in [1.165, 1.54) is 0 Å². The molecule has 0 bridgehead atoms. The first kappa shape index (κ1) is 12.1. The lowest BCUT2D eigenvalue weighted by Gasteiger charge is -2.13. The maximum Gasteiger partial charge on any atom is 0.0777 e. The van der Waals surface area contributed by atoms with Crippen molar-refractivity contribution in [2.75, 3.05) is 6.61 Å². The number of hydrogen-bond donors (Lipinski definition) is 1. The highest BCUT2D eigenvalue weighted by molar-refractivity contribution is 5.08. The van der Waals surface area contributed by atoms with Gasteiger partial charge in [0.25, 0.3) is 0 Å². The third-order valence-corrected chi connectivity index (χ3v) is 2.11. The zero-order valence-electron chi connectivity index (χ0n) is 9.39. The van der Waals surface area contributed by atoms with Crippen LogP contribution in [0.25, 0.3) is 0 Å². The number of aromatic nitrogens is 1. The number of rotatable bonds is 6. The van der Waals surface area contributed by atoms with Crippen molar-refractivity contribution in [1.82, 2.24) is 4.98 Å². The monoisotopic (exact) mass is 209 g/mol. The van der Waals surface area contributed by atoms with Crippen molar-refractivity contribution in [3.8, 4) is 0 Å². The number of ether oxygens (including phenoxy) is 1. The van der Waals surface area contributed by atoms with E-state index >= 15 is 0 Å². The van der Waals surface area contributed by atoms with Crippen LogP contribution in [0.1, 0.15) is 25.8 Å². The number of hydrogen-bond acceptors (Lipinski definition) is 3. The highest BCUT2D eigenvalue weighted by Gasteiger charge is 2.05. The highest BCUT2D eigenvalue weighted by Crippen LogP contribution is 2.04. The Balaban J connectivity index is 2.19. The number of pyridine rings is 1. The molecular formula is C12H19NO2. The third-order valence-electron chi connectivity index (χ3n) is 2.11. The second kappa shape index (κ2) is 6.53. The zero-order valence-corrected chi connectivity index (χ0v) is 9.39. The van der Waals surface area contributed by atoms with E-state index in [1.807, 2.05) is 32.2 Å². The van der Waals surface area contributed by atoms with Crippen LogP contribution in [0.3, 0.4) is 0 Å². The Morgan fingerprint density at radius 1 is 1.47 bits per heavy atom. The molecule has 1 aromatic rings. The molecule has 0 amide bonds. The van der Waals surface area contributed by atoms with Crippen molar-refractivity contribution in [3.63, 3.8) is 0 Å². The molecule has 3 heteroatoms. The number of nitrogens with zero attached hydrogens (tertiary/aromatic N) is 1. The maximum absolute atomic E-state index is 9.61. The largest absolute Gasteiger partial charge is 0.391 e. The first-order chi connectivity index (χ1) is 7.18. The average Bonchev–Trinajstić information content (AvgIpc) is 2.25. The lowest BCUT2D eigenvalue weighted by Crippen LogP contribution is -2.19. The van der Waals surface area contributed by atoms with Crippen molar-refractivity contribution >= 4 is 0 Å². The summed E-state index contributed by atoms with van der Waals surface area (Å²) in [6.07, 6.45) is 4.94. The minimum Gasteiger partial charge on any atom is -0.391 e. The van der Waals surface area contributed by atoms with Crippen LogP contribution in [0.5, 0.6) is 0 Å². The molecule has 0 aromatic carbocycles. The molecule has 0 aliphatic rings. The smallest absolute Gasteiger partial charge is 0.0777 e. The number of aryl methyl sites for hydroxylation is 1. The fourth-order valence-corrected chi connectivity index (χ4v) is 1.27. The minimum atomic E-state index is -0.382. The van der Waals surface area contributed by atoms with Crippen LogP contribution < -0.4 is 0 Å². The Kier molecular flexibility index (Phi) is 5.29. The first-order valence-electron chi connectivity index (χ1n) is 5.37. The Morgan fingerprint density at radius 3 is 2.87 bits per heavy atom. The summed E-state index contributed by atoms with van der Waals surface area (Å²) in [7, 11) is 0. The SMILES string of the molecule is CC(C)OCC(O)CCc1cccnc1. The lowest BCUT2D eigenvalue weighted by atomic mass is 10.1. The normalized spacial score (nSPS) is 13.1. The van der Waals surface area contributed by atoms with Crippen LogP contribution >= 0.6 is 0 Å². The molecule has 0 fully saturated rings. The fourth-order valence-electron chi connectivity index (χ4n) is 1.27. The van der Waals surface area contributed by atoms with Crippen molar-refractivity contribution in [2.45, 2.75) is 38.9 Å². The van der Waals surface area contributed by atoms with Crippen LogP contribution in [0.2, 0.25) is 0 Å².